The zero-order valence-electron chi connectivity index (χ0n) is 9.03. The molecule has 1 nitrogen and oxygen atoms in total. The van der Waals surface area contributed by atoms with Crippen molar-refractivity contribution in [2.24, 2.45) is 0 Å². The lowest BCUT2D eigenvalue weighted by Crippen LogP contribution is -2.21. The Balaban J connectivity index is 2.03. The van der Waals surface area contributed by atoms with E-state index in [2.05, 4.69) is 54.3 Å². The average Bonchev–Trinajstić information content (AvgIpc) is 2.39. The van der Waals surface area contributed by atoms with Crippen LogP contribution in [0.15, 0.2) is 48.5 Å². The summed E-state index contributed by atoms with van der Waals surface area (Å²) in [6.45, 7) is 4.18. The van der Waals surface area contributed by atoms with E-state index in [0.717, 1.165) is 13.0 Å². The van der Waals surface area contributed by atoms with Gasteiger partial charge in [0.25, 0.3) is 0 Å². The minimum Gasteiger partial charge on any atom is -0.303 e. The van der Waals surface area contributed by atoms with Crippen LogP contribution in [0.1, 0.15) is 11.1 Å². The first-order valence-electron chi connectivity index (χ1n) is 5.61. The van der Waals surface area contributed by atoms with Gasteiger partial charge in [-0.3, -0.25) is 0 Å². The molecule has 0 unspecified atom stereocenters. The van der Waals surface area contributed by atoms with E-state index in [1.807, 2.05) is 6.07 Å². The maximum absolute atomic E-state index is 3.19. The summed E-state index contributed by atoms with van der Waals surface area (Å²) in [6.07, 6.45) is 1.09. The summed E-state index contributed by atoms with van der Waals surface area (Å²) in [5.74, 6) is 0. The largest absolute Gasteiger partial charge is 0.303 e. The highest BCUT2D eigenvalue weighted by molar-refractivity contribution is 5.65. The van der Waals surface area contributed by atoms with Gasteiger partial charge in [-0.1, -0.05) is 48.5 Å². The normalized spacial score (nSPS) is 14.5. The van der Waals surface area contributed by atoms with Gasteiger partial charge in [0.15, 0.2) is 0 Å². The standard InChI is InChI=1S/C15H13N/c1-2-4-12(5-3-1)13-6-7-15-11-16-9-8-14(15)10-13/h1-7,10,16H,8-9H2. The zero-order valence-corrected chi connectivity index (χ0v) is 9.03. The van der Waals surface area contributed by atoms with Crippen molar-refractivity contribution in [2.45, 2.75) is 6.42 Å². The zero-order chi connectivity index (χ0) is 10.8. The number of hydrogen-bond donors (Lipinski definition) is 1. The summed E-state index contributed by atoms with van der Waals surface area (Å²) in [7, 11) is 0. The van der Waals surface area contributed by atoms with Crippen molar-refractivity contribution in [3.8, 4) is 11.1 Å². The van der Waals surface area contributed by atoms with Gasteiger partial charge in [0.2, 0.25) is 0 Å². The lowest BCUT2D eigenvalue weighted by molar-refractivity contribution is 0.753. The summed E-state index contributed by atoms with van der Waals surface area (Å²) < 4.78 is 0. The molecule has 1 heteroatoms. The van der Waals surface area contributed by atoms with Crippen LogP contribution in [-0.2, 0) is 6.42 Å². The molecule has 0 aromatic heterocycles. The number of benzene rings is 2. The second-order valence-corrected chi connectivity index (χ2v) is 4.04. The summed E-state index contributed by atoms with van der Waals surface area (Å²) >= 11 is 0. The number of nitrogens with one attached hydrogen (secondary N) is 1. The second kappa shape index (κ2) is 4.11. The SMILES string of the molecule is [C]1NCCc2cc(-c3ccccc3)ccc21. The van der Waals surface area contributed by atoms with E-state index >= 15 is 0 Å². The summed E-state index contributed by atoms with van der Waals surface area (Å²) in [5, 5.41) is 3.15. The lowest BCUT2D eigenvalue weighted by atomic mass is 9.95. The van der Waals surface area contributed by atoms with Gasteiger partial charge in [-0.2, -0.15) is 0 Å². The van der Waals surface area contributed by atoms with Crippen molar-refractivity contribution in [1.29, 1.82) is 0 Å². The minimum atomic E-state index is 0.991. The van der Waals surface area contributed by atoms with Gasteiger partial charge in [0.1, 0.15) is 0 Å². The number of fused-ring (bicyclic) bond motifs is 1. The molecule has 1 aliphatic heterocycles. The van der Waals surface area contributed by atoms with Crippen LogP contribution in [0.3, 0.4) is 0 Å². The molecule has 1 heterocycles. The third-order valence-electron chi connectivity index (χ3n) is 2.95. The average molecular weight is 207 g/mol. The van der Waals surface area contributed by atoms with Crippen molar-refractivity contribution >= 4 is 0 Å². The fourth-order valence-electron chi connectivity index (χ4n) is 2.09. The Bertz CT molecular complexity index is 488. The predicted molar refractivity (Wildman–Crippen MR) is 65.9 cm³/mol. The molecule has 2 aromatic carbocycles. The monoisotopic (exact) mass is 207 g/mol. The molecule has 0 amide bonds. The van der Waals surface area contributed by atoms with Crippen molar-refractivity contribution < 1.29 is 0 Å². The van der Waals surface area contributed by atoms with Gasteiger partial charge in [-0.15, -0.1) is 0 Å². The first kappa shape index (κ1) is 9.61. The topological polar surface area (TPSA) is 12.0 Å². The van der Waals surface area contributed by atoms with E-state index in [-0.39, 0.29) is 0 Å². The maximum Gasteiger partial charge on any atom is 0.0936 e. The Kier molecular flexibility index (Phi) is 2.47. The van der Waals surface area contributed by atoms with E-state index in [9.17, 15) is 0 Å². The third-order valence-corrected chi connectivity index (χ3v) is 2.95. The Morgan fingerprint density at radius 2 is 1.81 bits per heavy atom. The van der Waals surface area contributed by atoms with Gasteiger partial charge in [0.05, 0.1) is 6.54 Å². The molecule has 2 radical (unpaired) electrons. The van der Waals surface area contributed by atoms with Gasteiger partial charge in [-0.25, -0.2) is 0 Å². The van der Waals surface area contributed by atoms with Gasteiger partial charge >= 0.3 is 0 Å². The second-order valence-electron chi connectivity index (χ2n) is 4.04. The van der Waals surface area contributed by atoms with E-state index in [4.69, 9.17) is 0 Å². The van der Waals surface area contributed by atoms with Crippen LogP contribution in [0.4, 0.5) is 0 Å². The highest BCUT2D eigenvalue weighted by atomic mass is 14.9. The highest BCUT2D eigenvalue weighted by Crippen LogP contribution is 2.24. The molecule has 1 N–H and O–H groups in total. The summed E-state index contributed by atoms with van der Waals surface area (Å²) in [5.41, 5.74) is 5.16. The maximum atomic E-state index is 3.19. The van der Waals surface area contributed by atoms with Crippen molar-refractivity contribution in [3.63, 3.8) is 0 Å². The van der Waals surface area contributed by atoms with Crippen LogP contribution in [0, 0.1) is 6.54 Å². The molecular formula is C15H13N. The van der Waals surface area contributed by atoms with E-state index in [1.165, 1.54) is 22.3 Å². The molecule has 0 spiro atoms. The third kappa shape index (κ3) is 1.74. The van der Waals surface area contributed by atoms with Crippen molar-refractivity contribution in [1.82, 2.24) is 5.32 Å². The Morgan fingerprint density at radius 3 is 2.69 bits per heavy atom. The molecule has 0 atom stereocenters. The molecular weight excluding hydrogens is 194 g/mol. The van der Waals surface area contributed by atoms with Gasteiger partial charge in [0, 0.05) is 6.54 Å². The molecule has 16 heavy (non-hydrogen) atoms. The fraction of sp³-hybridized carbons (Fsp3) is 0.133. The highest BCUT2D eigenvalue weighted by Gasteiger charge is 2.10. The van der Waals surface area contributed by atoms with Crippen LogP contribution in [-0.4, -0.2) is 6.54 Å². The van der Waals surface area contributed by atoms with Crippen LogP contribution in [0.25, 0.3) is 11.1 Å². The minimum absolute atomic E-state index is 0.991. The molecule has 0 saturated heterocycles. The van der Waals surface area contributed by atoms with E-state index < -0.39 is 0 Å². The van der Waals surface area contributed by atoms with E-state index in [0.29, 0.717) is 0 Å². The van der Waals surface area contributed by atoms with Gasteiger partial charge in [-0.05, 0) is 28.7 Å². The fourth-order valence-corrected chi connectivity index (χ4v) is 2.09. The molecule has 2 aromatic rings. The molecule has 78 valence electrons. The molecule has 0 bridgehead atoms. The smallest absolute Gasteiger partial charge is 0.0936 e. The molecule has 0 fully saturated rings. The van der Waals surface area contributed by atoms with E-state index in [1.54, 1.807) is 0 Å². The summed E-state index contributed by atoms with van der Waals surface area (Å²) in [6, 6.07) is 17.1. The van der Waals surface area contributed by atoms with Crippen LogP contribution in [0.5, 0.6) is 0 Å². The predicted octanol–water partition coefficient (Wildman–Crippen LogP) is 2.89. The van der Waals surface area contributed by atoms with Crippen LogP contribution in [0.2, 0.25) is 0 Å². The number of hydrogen-bond acceptors (Lipinski definition) is 1. The quantitative estimate of drug-likeness (QED) is 0.758. The van der Waals surface area contributed by atoms with Crippen molar-refractivity contribution in [3.05, 3.63) is 66.2 Å². The summed E-state index contributed by atoms with van der Waals surface area (Å²) in [4.78, 5) is 0. The Labute approximate surface area is 96.1 Å². The molecule has 0 saturated carbocycles. The first-order chi connectivity index (χ1) is 7.93. The molecule has 0 aliphatic carbocycles. The van der Waals surface area contributed by atoms with Crippen LogP contribution < -0.4 is 5.32 Å². The Morgan fingerprint density at radius 1 is 0.938 bits per heavy atom. The lowest BCUT2D eigenvalue weighted by Gasteiger charge is -2.16. The van der Waals surface area contributed by atoms with Crippen LogP contribution >= 0.6 is 0 Å². The first-order valence-corrected chi connectivity index (χ1v) is 5.61. The van der Waals surface area contributed by atoms with Crippen molar-refractivity contribution in [2.75, 3.05) is 6.54 Å². The molecule has 1 aliphatic rings. The number of rotatable bonds is 1. The molecule has 3 rings (SSSR count). The Hall–Kier alpha value is -1.60. The van der Waals surface area contributed by atoms with Gasteiger partial charge < -0.3 is 5.32 Å².